The molecule has 3 aromatic heterocycles. The van der Waals surface area contributed by atoms with Gasteiger partial charge in [-0.05, 0) is 38.0 Å². The second-order valence-electron chi connectivity index (χ2n) is 6.05. The molecule has 3 aromatic rings. The fraction of sp³-hybridized carbons (Fsp3) is 0.353. The lowest BCUT2D eigenvalue weighted by atomic mass is 9.93. The van der Waals surface area contributed by atoms with E-state index in [1.165, 1.54) is 4.88 Å². The van der Waals surface area contributed by atoms with E-state index in [-0.39, 0.29) is 5.91 Å². The molecule has 5 nitrogen and oxygen atoms in total. The van der Waals surface area contributed by atoms with Crippen LogP contribution in [0.4, 0.5) is 0 Å². The zero-order chi connectivity index (χ0) is 15.8. The van der Waals surface area contributed by atoms with Gasteiger partial charge in [0.15, 0.2) is 5.65 Å². The minimum absolute atomic E-state index is 0.140. The molecule has 0 radical (unpaired) electrons. The highest BCUT2D eigenvalue weighted by atomic mass is 32.1. The minimum atomic E-state index is 0.140. The molecule has 1 amide bonds. The Kier molecular flexibility index (Phi) is 3.61. The van der Waals surface area contributed by atoms with Crippen molar-refractivity contribution in [2.45, 2.75) is 25.7 Å². The van der Waals surface area contributed by atoms with E-state index in [1.807, 2.05) is 35.4 Å². The number of aromatic nitrogens is 3. The standard InChI is InChI=1S/C17H18N4OS/c1-11-8-13(10-23-11)17(22)21-7-3-4-12(9-21)15-14-5-2-6-18-16(14)20-19-15/h2,5-6,8,10,12H,3-4,7,9H2,1H3,(H,18,19,20)/t12-/m0/s1. The number of carbonyl (C=O) groups is 1. The van der Waals surface area contributed by atoms with Crippen LogP contribution in [0, 0.1) is 6.92 Å². The van der Waals surface area contributed by atoms with Crippen molar-refractivity contribution in [3.05, 3.63) is 45.9 Å². The number of amides is 1. The number of fused-ring (bicyclic) bond motifs is 1. The highest BCUT2D eigenvalue weighted by molar-refractivity contribution is 7.10. The maximum Gasteiger partial charge on any atom is 0.254 e. The molecule has 23 heavy (non-hydrogen) atoms. The zero-order valence-electron chi connectivity index (χ0n) is 13.0. The first-order valence-electron chi connectivity index (χ1n) is 7.86. The summed E-state index contributed by atoms with van der Waals surface area (Å²) < 4.78 is 0. The molecule has 0 bridgehead atoms. The van der Waals surface area contributed by atoms with Crippen LogP contribution >= 0.6 is 11.3 Å². The molecule has 1 atom stereocenters. The van der Waals surface area contributed by atoms with Crippen LogP contribution in [0.25, 0.3) is 11.0 Å². The van der Waals surface area contributed by atoms with Crippen LogP contribution in [0.15, 0.2) is 29.8 Å². The average Bonchev–Trinajstić information content (AvgIpc) is 3.20. The van der Waals surface area contributed by atoms with Crippen molar-refractivity contribution in [3.8, 4) is 0 Å². The fourth-order valence-electron chi connectivity index (χ4n) is 3.32. The summed E-state index contributed by atoms with van der Waals surface area (Å²) in [5, 5.41) is 10.4. The molecular weight excluding hydrogens is 308 g/mol. The smallest absolute Gasteiger partial charge is 0.254 e. The van der Waals surface area contributed by atoms with Gasteiger partial charge in [0.25, 0.3) is 5.91 Å². The van der Waals surface area contributed by atoms with Gasteiger partial charge in [-0.3, -0.25) is 9.89 Å². The highest BCUT2D eigenvalue weighted by Crippen LogP contribution is 2.30. The number of H-pyrrole nitrogens is 1. The Balaban J connectivity index is 1.58. The van der Waals surface area contributed by atoms with Gasteiger partial charge in [0.1, 0.15) is 0 Å². The molecule has 1 aliphatic rings. The summed E-state index contributed by atoms with van der Waals surface area (Å²) in [5.41, 5.74) is 2.66. The van der Waals surface area contributed by atoms with E-state index in [2.05, 4.69) is 15.2 Å². The Morgan fingerprint density at radius 1 is 1.48 bits per heavy atom. The number of aromatic amines is 1. The number of pyridine rings is 1. The van der Waals surface area contributed by atoms with Crippen LogP contribution in [-0.2, 0) is 0 Å². The molecular formula is C17H18N4OS. The second kappa shape index (κ2) is 5.77. The van der Waals surface area contributed by atoms with Crippen LogP contribution in [0.3, 0.4) is 0 Å². The molecule has 1 aliphatic heterocycles. The predicted octanol–water partition coefficient (Wildman–Crippen LogP) is 3.35. The lowest BCUT2D eigenvalue weighted by Gasteiger charge is -2.32. The van der Waals surface area contributed by atoms with Crippen molar-refractivity contribution < 1.29 is 4.79 Å². The maximum atomic E-state index is 12.7. The number of hydrogen-bond acceptors (Lipinski definition) is 4. The van der Waals surface area contributed by atoms with E-state index in [9.17, 15) is 4.79 Å². The van der Waals surface area contributed by atoms with Gasteiger partial charge in [0.2, 0.25) is 0 Å². The number of rotatable bonds is 2. The number of hydrogen-bond donors (Lipinski definition) is 1. The average molecular weight is 326 g/mol. The molecule has 1 fully saturated rings. The third-order valence-corrected chi connectivity index (χ3v) is 5.31. The third kappa shape index (κ3) is 2.63. The monoisotopic (exact) mass is 326 g/mol. The van der Waals surface area contributed by atoms with Gasteiger partial charge in [-0.1, -0.05) is 0 Å². The van der Waals surface area contributed by atoms with Crippen molar-refractivity contribution in [1.82, 2.24) is 20.1 Å². The zero-order valence-corrected chi connectivity index (χ0v) is 13.8. The normalized spacial score (nSPS) is 18.5. The first kappa shape index (κ1) is 14.4. The minimum Gasteiger partial charge on any atom is -0.338 e. The van der Waals surface area contributed by atoms with E-state index < -0.39 is 0 Å². The summed E-state index contributed by atoms with van der Waals surface area (Å²) in [7, 11) is 0. The Bertz CT molecular complexity index is 853. The van der Waals surface area contributed by atoms with Crippen LogP contribution in [0.1, 0.15) is 39.7 Å². The summed E-state index contributed by atoms with van der Waals surface area (Å²) in [6, 6.07) is 5.96. The molecule has 1 saturated heterocycles. The van der Waals surface area contributed by atoms with Crippen LogP contribution in [-0.4, -0.2) is 39.1 Å². The van der Waals surface area contributed by atoms with Gasteiger partial charge >= 0.3 is 0 Å². The molecule has 6 heteroatoms. The number of nitrogens with zero attached hydrogens (tertiary/aromatic N) is 3. The predicted molar refractivity (Wildman–Crippen MR) is 90.8 cm³/mol. The van der Waals surface area contributed by atoms with E-state index in [0.29, 0.717) is 5.92 Å². The summed E-state index contributed by atoms with van der Waals surface area (Å²) in [6.45, 7) is 3.60. The molecule has 0 aromatic carbocycles. The summed E-state index contributed by atoms with van der Waals surface area (Å²) in [4.78, 5) is 20.1. The molecule has 0 aliphatic carbocycles. The molecule has 4 heterocycles. The third-order valence-electron chi connectivity index (χ3n) is 4.45. The van der Waals surface area contributed by atoms with Crippen molar-refractivity contribution in [2.75, 3.05) is 13.1 Å². The molecule has 0 unspecified atom stereocenters. The topological polar surface area (TPSA) is 61.9 Å². The lowest BCUT2D eigenvalue weighted by Crippen LogP contribution is -2.39. The van der Waals surface area contributed by atoms with E-state index in [4.69, 9.17) is 0 Å². The van der Waals surface area contributed by atoms with Crippen LogP contribution < -0.4 is 0 Å². The second-order valence-corrected chi connectivity index (χ2v) is 7.16. The van der Waals surface area contributed by atoms with E-state index in [0.717, 1.165) is 48.2 Å². The van der Waals surface area contributed by atoms with Crippen molar-refractivity contribution in [3.63, 3.8) is 0 Å². The van der Waals surface area contributed by atoms with E-state index in [1.54, 1.807) is 17.5 Å². The summed E-state index contributed by atoms with van der Waals surface area (Å²) in [5.74, 6) is 0.433. The van der Waals surface area contributed by atoms with Crippen molar-refractivity contribution in [2.24, 2.45) is 0 Å². The van der Waals surface area contributed by atoms with Crippen molar-refractivity contribution >= 4 is 28.3 Å². The largest absolute Gasteiger partial charge is 0.338 e. The van der Waals surface area contributed by atoms with Gasteiger partial charge in [-0.2, -0.15) is 5.10 Å². The number of likely N-dealkylation sites (tertiary alicyclic amines) is 1. The van der Waals surface area contributed by atoms with Gasteiger partial charge < -0.3 is 4.90 Å². The number of nitrogens with one attached hydrogen (secondary N) is 1. The Labute approximate surface area is 138 Å². The van der Waals surface area contributed by atoms with Gasteiger partial charge in [-0.25, -0.2) is 4.98 Å². The lowest BCUT2D eigenvalue weighted by molar-refractivity contribution is 0.0706. The molecule has 0 spiro atoms. The SMILES string of the molecule is Cc1cc(C(=O)N2CCC[C@H](c3[nH]nc4ncccc34)C2)cs1. The van der Waals surface area contributed by atoms with Crippen molar-refractivity contribution in [1.29, 1.82) is 0 Å². The summed E-state index contributed by atoms with van der Waals surface area (Å²) >= 11 is 1.63. The first-order valence-corrected chi connectivity index (χ1v) is 8.74. The molecule has 1 N–H and O–H groups in total. The van der Waals surface area contributed by atoms with E-state index >= 15 is 0 Å². The number of piperidine rings is 1. The van der Waals surface area contributed by atoms with Gasteiger partial charge in [-0.15, -0.1) is 11.3 Å². The number of thiophene rings is 1. The van der Waals surface area contributed by atoms with Gasteiger partial charge in [0.05, 0.1) is 5.56 Å². The molecule has 118 valence electrons. The summed E-state index contributed by atoms with van der Waals surface area (Å²) in [6.07, 6.45) is 3.83. The highest BCUT2D eigenvalue weighted by Gasteiger charge is 2.28. The Morgan fingerprint density at radius 2 is 2.39 bits per heavy atom. The quantitative estimate of drug-likeness (QED) is 0.785. The van der Waals surface area contributed by atoms with Crippen LogP contribution in [0.5, 0.6) is 0 Å². The Morgan fingerprint density at radius 3 is 3.22 bits per heavy atom. The molecule has 4 rings (SSSR count). The number of aryl methyl sites for hydroxylation is 1. The van der Waals surface area contributed by atoms with Gasteiger partial charge in [0, 0.05) is 46.5 Å². The first-order chi connectivity index (χ1) is 11.2. The maximum absolute atomic E-state index is 12.7. The number of carbonyl (C=O) groups excluding carboxylic acids is 1. The Hall–Kier alpha value is -2.21. The van der Waals surface area contributed by atoms with Crippen LogP contribution in [0.2, 0.25) is 0 Å². The molecule has 0 saturated carbocycles. The fourth-order valence-corrected chi connectivity index (χ4v) is 3.99.